The molecule has 2 aliphatic rings. The van der Waals surface area contributed by atoms with Gasteiger partial charge in [0.2, 0.25) is 0 Å². The van der Waals surface area contributed by atoms with Crippen molar-refractivity contribution in [1.29, 1.82) is 0 Å². The smallest absolute Gasteiger partial charge is 0.00979 e. The molecule has 0 fully saturated rings. The molecule has 0 amide bonds. The highest BCUT2D eigenvalue weighted by atomic mass is 14.3. The van der Waals surface area contributed by atoms with Crippen molar-refractivity contribution < 1.29 is 0 Å². The topological polar surface area (TPSA) is 0 Å². The Morgan fingerprint density at radius 3 is 2.69 bits per heavy atom. The fraction of sp³-hybridized carbons (Fsp3) is 0.375. The molecular weight excluding hydrogens is 192 g/mol. The second-order valence-electron chi connectivity index (χ2n) is 4.56. The summed E-state index contributed by atoms with van der Waals surface area (Å²) in [6.07, 6.45) is 9.90. The summed E-state index contributed by atoms with van der Waals surface area (Å²) in [6.45, 7) is 12.4. The minimum atomic E-state index is 0.553. The lowest BCUT2D eigenvalue weighted by Crippen LogP contribution is -2.05. The molecule has 0 nitrogen and oxygen atoms in total. The van der Waals surface area contributed by atoms with Crippen LogP contribution in [0.25, 0.3) is 0 Å². The van der Waals surface area contributed by atoms with Gasteiger partial charge in [-0.1, -0.05) is 43.9 Å². The van der Waals surface area contributed by atoms with Gasteiger partial charge in [-0.15, -0.1) is 0 Å². The van der Waals surface area contributed by atoms with Crippen molar-refractivity contribution in [3.8, 4) is 0 Å². The maximum Gasteiger partial charge on any atom is 0.00979 e. The van der Waals surface area contributed by atoms with Gasteiger partial charge in [0, 0.05) is 5.92 Å². The van der Waals surface area contributed by atoms with Crippen molar-refractivity contribution in [3.63, 3.8) is 0 Å². The van der Waals surface area contributed by atoms with E-state index in [0.29, 0.717) is 5.92 Å². The normalized spacial score (nSPS) is 24.4. The van der Waals surface area contributed by atoms with Crippen LogP contribution in [-0.2, 0) is 0 Å². The zero-order valence-electron chi connectivity index (χ0n) is 10.3. The Kier molecular flexibility index (Phi) is 3.00. The average molecular weight is 212 g/mol. The quantitative estimate of drug-likeness (QED) is 0.634. The van der Waals surface area contributed by atoms with E-state index in [1.54, 1.807) is 5.57 Å². The first kappa shape index (κ1) is 11.2. The molecule has 16 heavy (non-hydrogen) atoms. The van der Waals surface area contributed by atoms with Crippen LogP contribution in [0.1, 0.15) is 33.1 Å². The van der Waals surface area contributed by atoms with Crippen molar-refractivity contribution in [3.05, 3.63) is 59.3 Å². The molecule has 0 heteroatoms. The van der Waals surface area contributed by atoms with Gasteiger partial charge in [0.05, 0.1) is 0 Å². The summed E-state index contributed by atoms with van der Waals surface area (Å²) in [7, 11) is 0. The molecular formula is C16H20. The molecule has 0 aromatic heterocycles. The maximum atomic E-state index is 3.97. The number of hydrogen-bond acceptors (Lipinski definition) is 0. The predicted octanol–water partition coefficient (Wildman–Crippen LogP) is 4.73. The predicted molar refractivity (Wildman–Crippen MR) is 71.2 cm³/mol. The van der Waals surface area contributed by atoms with Gasteiger partial charge in [0.25, 0.3) is 0 Å². The Morgan fingerprint density at radius 1 is 1.38 bits per heavy atom. The first-order valence-electron chi connectivity index (χ1n) is 6.14. The van der Waals surface area contributed by atoms with E-state index in [4.69, 9.17) is 0 Å². The highest BCUT2D eigenvalue weighted by Gasteiger charge is 2.31. The molecule has 0 bridgehead atoms. The zero-order valence-corrected chi connectivity index (χ0v) is 10.3. The molecule has 0 saturated carbocycles. The summed E-state index contributed by atoms with van der Waals surface area (Å²) in [5.74, 6) is 0.553. The molecule has 0 heterocycles. The molecule has 0 saturated heterocycles. The van der Waals surface area contributed by atoms with E-state index in [0.717, 1.165) is 6.42 Å². The molecule has 0 N–H and O–H groups in total. The van der Waals surface area contributed by atoms with Gasteiger partial charge in [-0.05, 0) is 48.5 Å². The third kappa shape index (κ3) is 1.44. The van der Waals surface area contributed by atoms with Gasteiger partial charge in [0.15, 0.2) is 0 Å². The highest BCUT2D eigenvalue weighted by Crippen LogP contribution is 2.47. The molecule has 2 rings (SSSR count). The van der Waals surface area contributed by atoms with Crippen LogP contribution in [0.2, 0.25) is 0 Å². The Labute approximate surface area is 98.8 Å². The standard InChI is InChI=1S/C16H20/c1-5-12-13(6-2)15-10-8-9-11(4)16(15)14(12)7-3/h5-6,9,14H,1-2,7-8,10H2,3-4H3. The molecule has 0 spiro atoms. The zero-order chi connectivity index (χ0) is 11.7. The van der Waals surface area contributed by atoms with Gasteiger partial charge < -0.3 is 0 Å². The highest BCUT2D eigenvalue weighted by molar-refractivity contribution is 5.63. The van der Waals surface area contributed by atoms with Crippen molar-refractivity contribution >= 4 is 0 Å². The average Bonchev–Trinajstić information content (AvgIpc) is 2.62. The van der Waals surface area contributed by atoms with Crippen LogP contribution in [-0.4, -0.2) is 0 Å². The Morgan fingerprint density at radius 2 is 2.12 bits per heavy atom. The monoisotopic (exact) mass is 212 g/mol. The second-order valence-corrected chi connectivity index (χ2v) is 4.56. The summed E-state index contributed by atoms with van der Waals surface area (Å²) < 4.78 is 0. The van der Waals surface area contributed by atoms with Crippen LogP contribution >= 0.6 is 0 Å². The molecule has 2 aliphatic carbocycles. The first-order chi connectivity index (χ1) is 7.74. The summed E-state index contributed by atoms with van der Waals surface area (Å²) >= 11 is 0. The van der Waals surface area contributed by atoms with Gasteiger partial charge in [-0.3, -0.25) is 0 Å². The van der Waals surface area contributed by atoms with E-state index < -0.39 is 0 Å². The molecule has 0 radical (unpaired) electrons. The largest absolute Gasteiger partial charge is 0.0987 e. The van der Waals surface area contributed by atoms with E-state index in [-0.39, 0.29) is 0 Å². The van der Waals surface area contributed by atoms with Crippen LogP contribution < -0.4 is 0 Å². The molecule has 84 valence electrons. The minimum Gasteiger partial charge on any atom is -0.0987 e. The van der Waals surface area contributed by atoms with Crippen molar-refractivity contribution in [2.45, 2.75) is 33.1 Å². The van der Waals surface area contributed by atoms with Crippen LogP contribution in [0.3, 0.4) is 0 Å². The van der Waals surface area contributed by atoms with Crippen molar-refractivity contribution in [2.24, 2.45) is 5.92 Å². The fourth-order valence-corrected chi connectivity index (χ4v) is 3.12. The van der Waals surface area contributed by atoms with Crippen molar-refractivity contribution in [2.75, 3.05) is 0 Å². The van der Waals surface area contributed by atoms with Crippen LogP contribution in [0.15, 0.2) is 59.3 Å². The van der Waals surface area contributed by atoms with Gasteiger partial charge in [-0.25, -0.2) is 0 Å². The van der Waals surface area contributed by atoms with Gasteiger partial charge in [0.1, 0.15) is 0 Å². The number of hydrogen-bond donors (Lipinski definition) is 0. The number of allylic oxidation sites excluding steroid dienone is 8. The van der Waals surface area contributed by atoms with E-state index in [1.165, 1.54) is 35.1 Å². The van der Waals surface area contributed by atoms with Crippen molar-refractivity contribution in [1.82, 2.24) is 0 Å². The molecule has 0 aromatic rings. The molecule has 1 unspecified atom stereocenters. The second kappa shape index (κ2) is 4.29. The van der Waals surface area contributed by atoms with E-state index in [1.807, 2.05) is 12.2 Å². The molecule has 1 atom stereocenters. The first-order valence-corrected chi connectivity index (χ1v) is 6.14. The third-order valence-corrected chi connectivity index (χ3v) is 3.79. The van der Waals surface area contributed by atoms with Crippen LogP contribution in [0.4, 0.5) is 0 Å². The van der Waals surface area contributed by atoms with E-state index in [2.05, 4.69) is 33.1 Å². The van der Waals surface area contributed by atoms with Crippen LogP contribution in [0.5, 0.6) is 0 Å². The van der Waals surface area contributed by atoms with E-state index in [9.17, 15) is 0 Å². The lowest BCUT2D eigenvalue weighted by atomic mass is 9.84. The molecule has 0 aliphatic heterocycles. The summed E-state index contributed by atoms with van der Waals surface area (Å²) in [6, 6.07) is 0. The summed E-state index contributed by atoms with van der Waals surface area (Å²) in [5, 5.41) is 0. The lowest BCUT2D eigenvalue weighted by Gasteiger charge is -2.20. The SMILES string of the molecule is C=CC1=C(C=C)C(CC)C2=C1CCC=C2C. The Bertz CT molecular complexity index is 427. The van der Waals surface area contributed by atoms with Gasteiger partial charge >= 0.3 is 0 Å². The summed E-state index contributed by atoms with van der Waals surface area (Å²) in [4.78, 5) is 0. The minimum absolute atomic E-state index is 0.553. The fourth-order valence-electron chi connectivity index (χ4n) is 3.12. The van der Waals surface area contributed by atoms with E-state index >= 15 is 0 Å². The number of rotatable bonds is 3. The van der Waals surface area contributed by atoms with Crippen LogP contribution in [0, 0.1) is 5.92 Å². The Hall–Kier alpha value is -1.30. The lowest BCUT2D eigenvalue weighted by molar-refractivity contribution is 0.707. The summed E-state index contributed by atoms with van der Waals surface area (Å²) in [5.41, 5.74) is 7.28. The Balaban J connectivity index is 2.58. The van der Waals surface area contributed by atoms with Gasteiger partial charge in [-0.2, -0.15) is 0 Å². The maximum absolute atomic E-state index is 3.97. The molecule has 0 aromatic carbocycles. The third-order valence-electron chi connectivity index (χ3n) is 3.79.